The summed E-state index contributed by atoms with van der Waals surface area (Å²) in [5.74, 6) is 0.964. The number of rotatable bonds is 6. The SMILES string of the molecule is O=C1OCCN1CCCCCCS. The van der Waals surface area contributed by atoms with Gasteiger partial charge < -0.3 is 9.64 Å². The van der Waals surface area contributed by atoms with Gasteiger partial charge in [0.2, 0.25) is 0 Å². The Morgan fingerprint density at radius 1 is 1.31 bits per heavy atom. The number of amides is 1. The van der Waals surface area contributed by atoms with Crippen LogP contribution in [-0.2, 0) is 4.74 Å². The van der Waals surface area contributed by atoms with Crippen LogP contribution in [0.25, 0.3) is 0 Å². The second kappa shape index (κ2) is 6.13. The number of thiol groups is 1. The summed E-state index contributed by atoms with van der Waals surface area (Å²) < 4.78 is 4.82. The molecule has 1 rings (SSSR count). The second-order valence-corrected chi connectivity index (χ2v) is 3.69. The number of cyclic esters (lactones) is 1. The fraction of sp³-hybridized carbons (Fsp3) is 0.889. The first-order valence-corrected chi connectivity index (χ1v) is 5.50. The Morgan fingerprint density at radius 3 is 2.69 bits per heavy atom. The van der Waals surface area contributed by atoms with Crippen LogP contribution in [0.4, 0.5) is 4.79 Å². The molecule has 3 nitrogen and oxygen atoms in total. The van der Waals surface area contributed by atoms with Gasteiger partial charge in [-0.1, -0.05) is 12.8 Å². The Morgan fingerprint density at radius 2 is 2.08 bits per heavy atom. The fourth-order valence-electron chi connectivity index (χ4n) is 1.40. The fourth-order valence-corrected chi connectivity index (χ4v) is 1.62. The van der Waals surface area contributed by atoms with Gasteiger partial charge >= 0.3 is 6.09 Å². The zero-order chi connectivity index (χ0) is 9.52. The average Bonchev–Trinajstić information content (AvgIpc) is 2.52. The van der Waals surface area contributed by atoms with Gasteiger partial charge in [-0.2, -0.15) is 12.6 Å². The van der Waals surface area contributed by atoms with Crippen molar-refractivity contribution in [2.75, 3.05) is 25.4 Å². The molecule has 0 atom stereocenters. The number of nitrogens with zero attached hydrogens (tertiary/aromatic N) is 1. The van der Waals surface area contributed by atoms with Crippen LogP contribution in [0.1, 0.15) is 25.7 Å². The summed E-state index contributed by atoms with van der Waals surface area (Å²) in [7, 11) is 0. The van der Waals surface area contributed by atoms with E-state index in [4.69, 9.17) is 4.74 Å². The van der Waals surface area contributed by atoms with Gasteiger partial charge in [-0.3, -0.25) is 0 Å². The average molecular weight is 203 g/mol. The van der Waals surface area contributed by atoms with E-state index in [1.165, 1.54) is 19.3 Å². The van der Waals surface area contributed by atoms with Gasteiger partial charge in [-0.05, 0) is 18.6 Å². The summed E-state index contributed by atoms with van der Waals surface area (Å²) in [5, 5.41) is 0. The van der Waals surface area contributed by atoms with Gasteiger partial charge in [-0.15, -0.1) is 0 Å². The van der Waals surface area contributed by atoms with Crippen molar-refractivity contribution in [2.24, 2.45) is 0 Å². The minimum absolute atomic E-state index is 0.144. The maximum absolute atomic E-state index is 11.0. The molecule has 0 aliphatic carbocycles. The predicted molar refractivity (Wildman–Crippen MR) is 55.2 cm³/mol. The highest BCUT2D eigenvalue weighted by Crippen LogP contribution is 2.07. The quantitative estimate of drug-likeness (QED) is 0.528. The maximum atomic E-state index is 11.0. The number of carbonyl (C=O) groups is 1. The molecule has 1 amide bonds. The summed E-state index contributed by atoms with van der Waals surface area (Å²) in [4.78, 5) is 12.8. The normalized spacial score (nSPS) is 16.4. The monoisotopic (exact) mass is 203 g/mol. The standard InChI is InChI=1S/C9H17NO2S/c11-9-10(6-7-12-9)5-3-1-2-4-8-13/h13H,1-8H2. The Labute approximate surface area is 84.8 Å². The molecule has 1 aliphatic rings. The van der Waals surface area contributed by atoms with E-state index in [1.54, 1.807) is 4.90 Å². The number of ether oxygens (including phenoxy) is 1. The Kier molecular flexibility index (Phi) is 5.05. The highest BCUT2D eigenvalue weighted by atomic mass is 32.1. The highest BCUT2D eigenvalue weighted by molar-refractivity contribution is 7.80. The second-order valence-electron chi connectivity index (χ2n) is 3.24. The van der Waals surface area contributed by atoms with Crippen molar-refractivity contribution in [3.63, 3.8) is 0 Å². The Bertz CT molecular complexity index is 164. The first-order valence-electron chi connectivity index (χ1n) is 4.87. The summed E-state index contributed by atoms with van der Waals surface area (Å²) in [6.45, 7) is 2.19. The van der Waals surface area contributed by atoms with Gasteiger partial charge in [0.1, 0.15) is 6.61 Å². The largest absolute Gasteiger partial charge is 0.448 e. The summed E-state index contributed by atoms with van der Waals surface area (Å²) >= 11 is 4.14. The van der Waals surface area contributed by atoms with Gasteiger partial charge in [0.25, 0.3) is 0 Å². The molecule has 76 valence electrons. The minimum atomic E-state index is -0.144. The van der Waals surface area contributed by atoms with E-state index >= 15 is 0 Å². The molecular weight excluding hydrogens is 186 g/mol. The van der Waals surface area contributed by atoms with Crippen molar-refractivity contribution in [3.05, 3.63) is 0 Å². The van der Waals surface area contributed by atoms with Crippen molar-refractivity contribution in [2.45, 2.75) is 25.7 Å². The van der Waals surface area contributed by atoms with E-state index in [-0.39, 0.29) is 6.09 Å². The molecule has 0 saturated carbocycles. The van der Waals surface area contributed by atoms with Crippen molar-refractivity contribution in [3.8, 4) is 0 Å². The van der Waals surface area contributed by atoms with Crippen LogP contribution >= 0.6 is 12.6 Å². The molecule has 4 heteroatoms. The van der Waals surface area contributed by atoms with E-state index in [0.29, 0.717) is 6.61 Å². The summed E-state index contributed by atoms with van der Waals surface area (Å²) in [6.07, 6.45) is 4.52. The summed E-state index contributed by atoms with van der Waals surface area (Å²) in [6, 6.07) is 0. The van der Waals surface area contributed by atoms with Crippen LogP contribution in [0.3, 0.4) is 0 Å². The molecule has 0 N–H and O–H groups in total. The van der Waals surface area contributed by atoms with Crippen LogP contribution in [-0.4, -0.2) is 36.4 Å². The lowest BCUT2D eigenvalue weighted by Gasteiger charge is -2.11. The summed E-state index contributed by atoms with van der Waals surface area (Å²) in [5.41, 5.74) is 0. The molecule has 1 fully saturated rings. The number of unbranched alkanes of at least 4 members (excludes halogenated alkanes) is 3. The molecule has 0 unspecified atom stereocenters. The third-order valence-electron chi connectivity index (χ3n) is 2.18. The molecule has 1 saturated heterocycles. The molecule has 0 aromatic rings. The van der Waals surface area contributed by atoms with E-state index in [1.807, 2.05) is 0 Å². The minimum Gasteiger partial charge on any atom is -0.448 e. The van der Waals surface area contributed by atoms with E-state index in [0.717, 1.165) is 25.3 Å². The van der Waals surface area contributed by atoms with E-state index in [9.17, 15) is 4.79 Å². The van der Waals surface area contributed by atoms with Gasteiger partial charge in [-0.25, -0.2) is 4.79 Å². The lowest BCUT2D eigenvalue weighted by Crippen LogP contribution is -2.25. The molecule has 13 heavy (non-hydrogen) atoms. The first-order chi connectivity index (χ1) is 6.34. The van der Waals surface area contributed by atoms with E-state index < -0.39 is 0 Å². The van der Waals surface area contributed by atoms with Crippen LogP contribution in [0.5, 0.6) is 0 Å². The number of carbonyl (C=O) groups excluding carboxylic acids is 1. The van der Waals surface area contributed by atoms with Crippen LogP contribution in [0.2, 0.25) is 0 Å². The predicted octanol–water partition coefficient (Wildman–Crippen LogP) is 1.93. The Hall–Kier alpha value is -0.380. The van der Waals surface area contributed by atoms with Crippen LogP contribution < -0.4 is 0 Å². The molecule has 0 aromatic heterocycles. The Balaban J connectivity index is 1.96. The molecule has 1 aliphatic heterocycles. The number of hydrogen-bond acceptors (Lipinski definition) is 3. The van der Waals surface area contributed by atoms with Crippen molar-refractivity contribution in [1.29, 1.82) is 0 Å². The zero-order valence-electron chi connectivity index (χ0n) is 7.87. The maximum Gasteiger partial charge on any atom is 0.409 e. The van der Waals surface area contributed by atoms with Crippen molar-refractivity contribution < 1.29 is 9.53 Å². The van der Waals surface area contributed by atoms with Gasteiger partial charge in [0.15, 0.2) is 0 Å². The number of hydrogen-bond donors (Lipinski definition) is 1. The third-order valence-corrected chi connectivity index (χ3v) is 2.50. The molecule has 0 bridgehead atoms. The van der Waals surface area contributed by atoms with Gasteiger partial charge in [0, 0.05) is 6.54 Å². The van der Waals surface area contributed by atoms with Crippen LogP contribution in [0.15, 0.2) is 0 Å². The lowest BCUT2D eigenvalue weighted by molar-refractivity contribution is 0.158. The highest BCUT2D eigenvalue weighted by Gasteiger charge is 2.20. The smallest absolute Gasteiger partial charge is 0.409 e. The van der Waals surface area contributed by atoms with Crippen LogP contribution in [0, 0.1) is 0 Å². The molecule has 0 radical (unpaired) electrons. The molecule has 0 aromatic carbocycles. The molecule has 1 heterocycles. The zero-order valence-corrected chi connectivity index (χ0v) is 8.76. The first kappa shape index (κ1) is 10.7. The van der Waals surface area contributed by atoms with Crippen molar-refractivity contribution in [1.82, 2.24) is 4.90 Å². The van der Waals surface area contributed by atoms with E-state index in [2.05, 4.69) is 12.6 Å². The third kappa shape index (κ3) is 3.89. The van der Waals surface area contributed by atoms with Crippen molar-refractivity contribution >= 4 is 18.7 Å². The molecule has 0 spiro atoms. The molecular formula is C9H17NO2S. The lowest BCUT2D eigenvalue weighted by atomic mass is 10.2. The topological polar surface area (TPSA) is 29.5 Å². The van der Waals surface area contributed by atoms with Gasteiger partial charge in [0.05, 0.1) is 6.54 Å².